The number of alkyl halides is 3. The average molecular weight is 287 g/mol. The minimum absolute atomic E-state index is 0.495. The highest BCUT2D eigenvalue weighted by molar-refractivity contribution is 5.26. The van der Waals surface area contributed by atoms with Crippen LogP contribution in [-0.4, -0.2) is 12.7 Å². The Kier molecular flexibility index (Phi) is 6.53. The smallest absolute Gasteiger partial charge is 0.310 e. The van der Waals surface area contributed by atoms with Gasteiger partial charge in [0.25, 0.3) is 0 Å². The fraction of sp³-hybridized carbons (Fsp3) is 0.625. The molecule has 0 heterocycles. The molecule has 1 atom stereocenters. The minimum atomic E-state index is -4.15. The lowest BCUT2D eigenvalue weighted by Gasteiger charge is -2.21. The Labute approximate surface area is 119 Å². The predicted octanol–water partition coefficient (Wildman–Crippen LogP) is 4.88. The van der Waals surface area contributed by atoms with Crippen LogP contribution in [0.2, 0.25) is 0 Å². The lowest BCUT2D eigenvalue weighted by molar-refractivity contribution is -0.140. The zero-order valence-corrected chi connectivity index (χ0v) is 12.4. The van der Waals surface area contributed by atoms with Crippen molar-refractivity contribution in [3.05, 3.63) is 35.4 Å². The molecule has 1 rings (SSSR count). The predicted molar refractivity (Wildman–Crippen MR) is 76.7 cm³/mol. The van der Waals surface area contributed by atoms with Gasteiger partial charge in [-0.3, -0.25) is 0 Å². The van der Waals surface area contributed by atoms with Crippen LogP contribution in [-0.2, 0) is 6.42 Å². The Morgan fingerprint density at radius 3 is 2.45 bits per heavy atom. The van der Waals surface area contributed by atoms with Gasteiger partial charge in [0.15, 0.2) is 0 Å². The highest BCUT2D eigenvalue weighted by atomic mass is 19.4. The quantitative estimate of drug-likeness (QED) is 0.753. The van der Waals surface area contributed by atoms with Crippen LogP contribution in [0.4, 0.5) is 13.2 Å². The maximum atomic E-state index is 12.7. The molecule has 1 aromatic rings. The van der Waals surface area contributed by atoms with Crippen molar-refractivity contribution < 1.29 is 13.2 Å². The molecule has 0 aliphatic carbocycles. The second-order valence-corrected chi connectivity index (χ2v) is 5.67. The van der Waals surface area contributed by atoms with Crippen molar-refractivity contribution in [3.63, 3.8) is 0 Å². The Morgan fingerprint density at radius 2 is 1.90 bits per heavy atom. The Bertz CT molecular complexity index is 399. The Morgan fingerprint density at radius 1 is 1.20 bits per heavy atom. The van der Waals surface area contributed by atoms with Crippen LogP contribution in [0.1, 0.15) is 50.8 Å². The lowest BCUT2D eigenvalue weighted by atomic mass is 9.96. The van der Waals surface area contributed by atoms with E-state index in [0.29, 0.717) is 12.5 Å². The molecule has 20 heavy (non-hydrogen) atoms. The highest BCUT2D eigenvalue weighted by Gasteiger charge is 2.32. The van der Waals surface area contributed by atoms with Gasteiger partial charge >= 0.3 is 6.18 Å². The van der Waals surface area contributed by atoms with Crippen LogP contribution in [0.3, 0.4) is 0 Å². The van der Waals surface area contributed by atoms with E-state index >= 15 is 0 Å². The first kappa shape index (κ1) is 17.0. The second kappa shape index (κ2) is 7.67. The van der Waals surface area contributed by atoms with Crippen LogP contribution in [0.25, 0.3) is 0 Å². The van der Waals surface area contributed by atoms with Crippen molar-refractivity contribution in [2.24, 2.45) is 5.92 Å². The molecule has 0 aliphatic heterocycles. The number of hydrogen-bond donors (Lipinski definition) is 1. The van der Waals surface area contributed by atoms with Crippen LogP contribution >= 0.6 is 0 Å². The van der Waals surface area contributed by atoms with Gasteiger partial charge in [-0.15, -0.1) is 0 Å². The zero-order valence-electron chi connectivity index (χ0n) is 12.4. The molecule has 1 unspecified atom stereocenters. The molecule has 1 nitrogen and oxygen atoms in total. The molecular formula is C16H24F3N. The molecule has 0 saturated heterocycles. The first-order valence-electron chi connectivity index (χ1n) is 7.20. The van der Waals surface area contributed by atoms with Crippen molar-refractivity contribution in [1.29, 1.82) is 0 Å². The molecule has 0 bridgehead atoms. The van der Waals surface area contributed by atoms with Crippen LogP contribution in [0.15, 0.2) is 24.3 Å². The lowest BCUT2D eigenvalue weighted by Crippen LogP contribution is -2.27. The molecule has 0 aromatic heterocycles. The largest absolute Gasteiger partial charge is 0.390 e. The zero-order chi connectivity index (χ0) is 15.2. The van der Waals surface area contributed by atoms with Crippen molar-refractivity contribution in [2.45, 2.75) is 52.3 Å². The Balaban J connectivity index is 2.88. The second-order valence-electron chi connectivity index (χ2n) is 5.67. The summed E-state index contributed by atoms with van der Waals surface area (Å²) in [5.41, 5.74) is 1.83. The van der Waals surface area contributed by atoms with Gasteiger partial charge in [0, 0.05) is 6.04 Å². The van der Waals surface area contributed by atoms with Gasteiger partial charge in [0.2, 0.25) is 0 Å². The Hall–Kier alpha value is -1.03. The molecule has 0 saturated carbocycles. The summed E-state index contributed by atoms with van der Waals surface area (Å²) >= 11 is 0. The summed E-state index contributed by atoms with van der Waals surface area (Å²) in [5.74, 6) is 0.495. The fourth-order valence-electron chi connectivity index (χ4n) is 2.27. The van der Waals surface area contributed by atoms with Gasteiger partial charge in [0.1, 0.15) is 0 Å². The summed E-state index contributed by atoms with van der Waals surface area (Å²) in [7, 11) is 0. The number of hydrogen-bond acceptors (Lipinski definition) is 1. The summed E-state index contributed by atoms with van der Waals surface area (Å²) in [5, 5.41) is 3.00. The van der Waals surface area contributed by atoms with E-state index in [1.807, 2.05) is 25.1 Å². The molecule has 0 amide bonds. The van der Waals surface area contributed by atoms with E-state index in [-0.39, 0.29) is 0 Å². The van der Waals surface area contributed by atoms with E-state index < -0.39 is 18.6 Å². The number of rotatable bonds is 7. The van der Waals surface area contributed by atoms with Crippen molar-refractivity contribution >= 4 is 0 Å². The third-order valence-corrected chi connectivity index (χ3v) is 3.07. The summed E-state index contributed by atoms with van der Waals surface area (Å²) < 4.78 is 38.1. The van der Waals surface area contributed by atoms with E-state index in [0.717, 1.165) is 24.0 Å². The third-order valence-electron chi connectivity index (χ3n) is 3.07. The highest BCUT2D eigenvalue weighted by Crippen LogP contribution is 2.30. The van der Waals surface area contributed by atoms with Gasteiger partial charge in [-0.1, -0.05) is 45.0 Å². The molecule has 0 aliphatic rings. The monoisotopic (exact) mass is 287 g/mol. The van der Waals surface area contributed by atoms with E-state index in [9.17, 15) is 13.2 Å². The average Bonchev–Trinajstić information content (AvgIpc) is 2.32. The van der Waals surface area contributed by atoms with Crippen LogP contribution in [0.5, 0.6) is 0 Å². The molecule has 1 aromatic carbocycles. The molecule has 0 spiro atoms. The SMILES string of the molecule is CCCNC(CC(F)(F)F)c1cccc(CC(C)C)c1. The minimum Gasteiger partial charge on any atom is -0.310 e. The first-order chi connectivity index (χ1) is 9.31. The summed E-state index contributed by atoms with van der Waals surface area (Å²) in [4.78, 5) is 0. The van der Waals surface area contributed by atoms with Gasteiger partial charge in [-0.25, -0.2) is 0 Å². The summed E-state index contributed by atoms with van der Waals surface area (Å²) in [6, 6.07) is 6.86. The van der Waals surface area contributed by atoms with Gasteiger partial charge in [-0.05, 0) is 36.4 Å². The van der Waals surface area contributed by atoms with Crippen molar-refractivity contribution in [1.82, 2.24) is 5.32 Å². The normalized spacial score (nSPS) is 13.8. The molecular weight excluding hydrogens is 263 g/mol. The van der Waals surface area contributed by atoms with Crippen molar-refractivity contribution in [2.75, 3.05) is 6.54 Å². The maximum absolute atomic E-state index is 12.7. The number of halogens is 3. The molecule has 4 heteroatoms. The summed E-state index contributed by atoms with van der Waals surface area (Å²) in [6.45, 7) is 6.76. The van der Waals surface area contributed by atoms with Crippen molar-refractivity contribution in [3.8, 4) is 0 Å². The van der Waals surface area contributed by atoms with Gasteiger partial charge in [-0.2, -0.15) is 13.2 Å². The molecule has 0 radical (unpaired) electrons. The fourth-order valence-corrected chi connectivity index (χ4v) is 2.27. The van der Waals surface area contributed by atoms with E-state index in [2.05, 4.69) is 19.2 Å². The van der Waals surface area contributed by atoms with Gasteiger partial charge in [0.05, 0.1) is 6.42 Å². The topological polar surface area (TPSA) is 12.0 Å². The molecule has 0 fully saturated rings. The first-order valence-corrected chi connectivity index (χ1v) is 7.20. The van der Waals surface area contributed by atoms with E-state index in [1.165, 1.54) is 0 Å². The summed E-state index contributed by atoms with van der Waals surface area (Å²) in [6.07, 6.45) is -3.27. The maximum Gasteiger partial charge on any atom is 0.390 e. The number of benzene rings is 1. The standard InChI is InChI=1S/C16H24F3N/c1-4-8-20-15(11-16(17,18)19)14-7-5-6-13(10-14)9-12(2)3/h5-7,10,12,15,20H,4,8-9,11H2,1-3H3. The number of nitrogens with one attached hydrogen (secondary N) is 1. The van der Waals surface area contributed by atoms with E-state index in [1.54, 1.807) is 6.07 Å². The van der Waals surface area contributed by atoms with Crippen LogP contribution < -0.4 is 5.32 Å². The van der Waals surface area contributed by atoms with Gasteiger partial charge < -0.3 is 5.32 Å². The van der Waals surface area contributed by atoms with Crippen LogP contribution in [0, 0.1) is 5.92 Å². The molecule has 114 valence electrons. The van der Waals surface area contributed by atoms with E-state index in [4.69, 9.17) is 0 Å². The third kappa shape index (κ3) is 6.42. The molecule has 1 N–H and O–H groups in total.